The minimum absolute atomic E-state index is 0.0537. The fourth-order valence-electron chi connectivity index (χ4n) is 4.15. The number of carbonyl (C=O) groups is 2. The Hall–Kier alpha value is -1.91. The van der Waals surface area contributed by atoms with Crippen molar-refractivity contribution in [3.8, 4) is 0 Å². The number of carbonyl (C=O) groups excluding carboxylic acids is 2. The summed E-state index contributed by atoms with van der Waals surface area (Å²) in [4.78, 5) is 29.1. The smallest absolute Gasteiger partial charge is 0.225 e. The Balaban J connectivity index is 1.50. The second-order valence-corrected chi connectivity index (χ2v) is 7.68. The summed E-state index contributed by atoms with van der Waals surface area (Å²) >= 11 is 0. The highest BCUT2D eigenvalue weighted by molar-refractivity contribution is 5.81. The minimum Gasteiger partial charge on any atom is -0.339 e. The van der Waals surface area contributed by atoms with Gasteiger partial charge in [0.15, 0.2) is 0 Å². The summed E-state index contributed by atoms with van der Waals surface area (Å²) in [7, 11) is 0. The lowest BCUT2D eigenvalue weighted by molar-refractivity contribution is -0.144. The van der Waals surface area contributed by atoms with Crippen molar-refractivity contribution < 1.29 is 14.0 Å². The third kappa shape index (κ3) is 4.43. The maximum Gasteiger partial charge on any atom is 0.225 e. The van der Waals surface area contributed by atoms with E-state index >= 15 is 0 Å². The molecule has 3 rings (SSSR count). The van der Waals surface area contributed by atoms with Crippen molar-refractivity contribution in [2.45, 2.75) is 45.4 Å². The van der Waals surface area contributed by atoms with Gasteiger partial charge in [0.2, 0.25) is 11.8 Å². The molecule has 1 saturated heterocycles. The third-order valence-corrected chi connectivity index (χ3v) is 5.76. The van der Waals surface area contributed by atoms with Crippen molar-refractivity contribution >= 4 is 11.8 Å². The average molecular weight is 360 g/mol. The van der Waals surface area contributed by atoms with Gasteiger partial charge >= 0.3 is 0 Å². The fourth-order valence-corrected chi connectivity index (χ4v) is 4.15. The van der Waals surface area contributed by atoms with E-state index in [4.69, 9.17) is 0 Å². The summed E-state index contributed by atoms with van der Waals surface area (Å²) in [5, 5.41) is 0. The van der Waals surface area contributed by atoms with E-state index in [-0.39, 0.29) is 29.5 Å². The Morgan fingerprint density at radius 3 is 2.31 bits per heavy atom. The Morgan fingerprint density at radius 2 is 1.65 bits per heavy atom. The third-order valence-electron chi connectivity index (χ3n) is 5.76. The van der Waals surface area contributed by atoms with E-state index in [1.54, 1.807) is 18.2 Å². The molecule has 2 fully saturated rings. The van der Waals surface area contributed by atoms with E-state index in [2.05, 4.69) is 0 Å². The molecule has 2 aliphatic rings. The highest BCUT2D eigenvalue weighted by Crippen LogP contribution is 2.26. The molecule has 0 aromatic heterocycles. The highest BCUT2D eigenvalue weighted by Gasteiger charge is 2.31. The summed E-state index contributed by atoms with van der Waals surface area (Å²) in [6, 6.07) is 6.63. The average Bonchev–Trinajstić information content (AvgIpc) is 2.69. The maximum atomic E-state index is 13.8. The first kappa shape index (κ1) is 18.9. The Morgan fingerprint density at radius 1 is 1.04 bits per heavy atom. The SMILES string of the molecule is CC(Cc1ccccc1F)C(=O)N1CCN(C(=O)C2CCCCC2)CC1. The second-order valence-electron chi connectivity index (χ2n) is 7.68. The molecule has 1 aliphatic carbocycles. The molecule has 4 nitrogen and oxygen atoms in total. The van der Waals surface area contributed by atoms with Crippen LogP contribution in [0.4, 0.5) is 4.39 Å². The van der Waals surface area contributed by atoms with Gasteiger partial charge in [-0.05, 0) is 30.9 Å². The number of piperazine rings is 1. The molecule has 0 spiro atoms. The van der Waals surface area contributed by atoms with Crippen LogP contribution in [0, 0.1) is 17.7 Å². The van der Waals surface area contributed by atoms with E-state index < -0.39 is 0 Å². The van der Waals surface area contributed by atoms with E-state index in [0.717, 1.165) is 25.7 Å². The molecular weight excluding hydrogens is 331 g/mol. The normalized spacial score (nSPS) is 20.1. The van der Waals surface area contributed by atoms with Crippen molar-refractivity contribution in [2.24, 2.45) is 11.8 Å². The fraction of sp³-hybridized carbons (Fsp3) is 0.619. The predicted octanol–water partition coefficient (Wildman–Crippen LogP) is 3.26. The van der Waals surface area contributed by atoms with Crippen molar-refractivity contribution in [3.05, 3.63) is 35.6 Å². The lowest BCUT2D eigenvalue weighted by Crippen LogP contribution is -2.53. The quantitative estimate of drug-likeness (QED) is 0.827. The lowest BCUT2D eigenvalue weighted by Gasteiger charge is -2.38. The summed E-state index contributed by atoms with van der Waals surface area (Å²) in [5.41, 5.74) is 0.583. The lowest BCUT2D eigenvalue weighted by atomic mass is 9.88. The van der Waals surface area contributed by atoms with Crippen molar-refractivity contribution in [1.82, 2.24) is 9.80 Å². The van der Waals surface area contributed by atoms with Gasteiger partial charge in [0.1, 0.15) is 5.82 Å². The summed E-state index contributed by atoms with van der Waals surface area (Å²) in [6.45, 7) is 4.26. The van der Waals surface area contributed by atoms with E-state index in [1.807, 2.05) is 16.7 Å². The molecule has 1 aliphatic heterocycles. The van der Waals surface area contributed by atoms with E-state index in [1.165, 1.54) is 12.5 Å². The van der Waals surface area contributed by atoms with Crippen LogP contribution >= 0.6 is 0 Å². The number of rotatable bonds is 4. The zero-order valence-electron chi connectivity index (χ0n) is 15.6. The molecule has 1 saturated carbocycles. The van der Waals surface area contributed by atoms with Crippen LogP contribution in [-0.2, 0) is 16.0 Å². The van der Waals surface area contributed by atoms with Gasteiger partial charge in [-0.15, -0.1) is 0 Å². The summed E-state index contributed by atoms with van der Waals surface area (Å²) in [6.07, 6.45) is 5.98. The molecule has 142 valence electrons. The van der Waals surface area contributed by atoms with Gasteiger partial charge in [0.25, 0.3) is 0 Å². The maximum absolute atomic E-state index is 13.8. The van der Waals surface area contributed by atoms with Crippen LogP contribution in [0.5, 0.6) is 0 Å². The molecule has 5 heteroatoms. The van der Waals surface area contributed by atoms with Crippen LogP contribution in [0.3, 0.4) is 0 Å². The Bertz CT molecular complexity index is 635. The van der Waals surface area contributed by atoms with Crippen LogP contribution in [0.2, 0.25) is 0 Å². The number of hydrogen-bond acceptors (Lipinski definition) is 2. The number of benzene rings is 1. The monoisotopic (exact) mass is 360 g/mol. The molecule has 2 amide bonds. The van der Waals surface area contributed by atoms with Crippen LogP contribution in [0.1, 0.15) is 44.6 Å². The first-order valence-corrected chi connectivity index (χ1v) is 9.87. The Labute approximate surface area is 155 Å². The number of amides is 2. The van der Waals surface area contributed by atoms with Gasteiger partial charge in [-0.3, -0.25) is 9.59 Å². The van der Waals surface area contributed by atoms with Crippen molar-refractivity contribution in [2.75, 3.05) is 26.2 Å². The van der Waals surface area contributed by atoms with Gasteiger partial charge in [0.05, 0.1) is 0 Å². The molecule has 1 heterocycles. The van der Waals surface area contributed by atoms with Gasteiger partial charge in [-0.25, -0.2) is 4.39 Å². The molecular formula is C21H29FN2O2. The van der Waals surface area contributed by atoms with E-state index in [0.29, 0.717) is 38.2 Å². The number of halogens is 1. The number of nitrogens with zero attached hydrogens (tertiary/aromatic N) is 2. The van der Waals surface area contributed by atoms with Crippen LogP contribution in [0.25, 0.3) is 0 Å². The second kappa shape index (κ2) is 8.65. The van der Waals surface area contributed by atoms with Crippen LogP contribution in [0.15, 0.2) is 24.3 Å². The standard InChI is InChI=1S/C21H29FN2O2/c1-16(15-18-9-5-6-10-19(18)22)20(25)23-11-13-24(14-12-23)21(26)17-7-3-2-4-8-17/h5-6,9-10,16-17H,2-4,7-8,11-15H2,1H3. The minimum atomic E-state index is -0.257. The zero-order valence-corrected chi connectivity index (χ0v) is 15.6. The first-order chi connectivity index (χ1) is 12.6. The van der Waals surface area contributed by atoms with Gasteiger partial charge in [-0.2, -0.15) is 0 Å². The largest absolute Gasteiger partial charge is 0.339 e. The molecule has 0 bridgehead atoms. The van der Waals surface area contributed by atoms with Crippen LogP contribution in [-0.4, -0.2) is 47.8 Å². The topological polar surface area (TPSA) is 40.6 Å². The molecule has 1 atom stereocenters. The highest BCUT2D eigenvalue weighted by atomic mass is 19.1. The van der Waals surface area contributed by atoms with E-state index in [9.17, 15) is 14.0 Å². The molecule has 1 unspecified atom stereocenters. The van der Waals surface area contributed by atoms with Gasteiger partial charge in [-0.1, -0.05) is 44.4 Å². The zero-order chi connectivity index (χ0) is 18.5. The van der Waals surface area contributed by atoms with Gasteiger partial charge in [0, 0.05) is 38.0 Å². The molecule has 1 aromatic rings. The number of hydrogen-bond donors (Lipinski definition) is 0. The van der Waals surface area contributed by atoms with Gasteiger partial charge < -0.3 is 9.80 Å². The summed E-state index contributed by atoms with van der Waals surface area (Å²) in [5.74, 6) is 0.00254. The van der Waals surface area contributed by atoms with Crippen molar-refractivity contribution in [1.29, 1.82) is 0 Å². The molecule has 0 N–H and O–H groups in total. The molecule has 26 heavy (non-hydrogen) atoms. The van der Waals surface area contributed by atoms with Crippen molar-refractivity contribution in [3.63, 3.8) is 0 Å². The first-order valence-electron chi connectivity index (χ1n) is 9.87. The summed E-state index contributed by atoms with van der Waals surface area (Å²) < 4.78 is 13.8. The predicted molar refractivity (Wildman–Crippen MR) is 99.0 cm³/mol. The van der Waals surface area contributed by atoms with Crippen LogP contribution < -0.4 is 0 Å². The molecule has 0 radical (unpaired) electrons. The molecule has 1 aromatic carbocycles. The Kier molecular flexibility index (Phi) is 6.28.